The third kappa shape index (κ3) is 3.66. The number of piperazine rings is 1. The Morgan fingerprint density at radius 2 is 1.81 bits per heavy atom. The molecule has 0 bridgehead atoms. The van der Waals surface area contributed by atoms with E-state index in [1.807, 2.05) is 53.4 Å². The first kappa shape index (κ1) is 20.0. The van der Waals surface area contributed by atoms with Gasteiger partial charge in [-0.05, 0) is 48.6 Å². The molecule has 1 atom stereocenters. The van der Waals surface area contributed by atoms with Crippen molar-refractivity contribution >= 4 is 58.0 Å². The molecule has 0 saturated carbocycles. The summed E-state index contributed by atoms with van der Waals surface area (Å²) in [5, 5.41) is 4.42. The van der Waals surface area contributed by atoms with Crippen molar-refractivity contribution in [3.8, 4) is 0 Å². The third-order valence-corrected chi connectivity index (χ3v) is 6.41. The van der Waals surface area contributed by atoms with Crippen LogP contribution in [0.5, 0.6) is 0 Å². The molecular formula is C22H20ClN5O2S. The van der Waals surface area contributed by atoms with Crippen LogP contribution < -0.4 is 10.2 Å². The molecule has 0 aliphatic carbocycles. The second kappa shape index (κ2) is 7.94. The normalized spacial score (nSPS) is 18.2. The molecule has 2 amide bonds. The van der Waals surface area contributed by atoms with Gasteiger partial charge in [0.05, 0.1) is 11.9 Å². The molecule has 0 spiro atoms. The minimum absolute atomic E-state index is 0.0567. The van der Waals surface area contributed by atoms with Gasteiger partial charge in [0, 0.05) is 42.3 Å². The van der Waals surface area contributed by atoms with Crippen molar-refractivity contribution in [2.45, 2.75) is 12.5 Å². The summed E-state index contributed by atoms with van der Waals surface area (Å²) in [6, 6.07) is 14.5. The van der Waals surface area contributed by atoms with Gasteiger partial charge in [0.25, 0.3) is 0 Å². The number of para-hydroxylation sites is 1. The van der Waals surface area contributed by atoms with E-state index in [1.165, 1.54) is 0 Å². The van der Waals surface area contributed by atoms with Crippen molar-refractivity contribution in [2.24, 2.45) is 0 Å². The quantitative estimate of drug-likeness (QED) is 0.613. The van der Waals surface area contributed by atoms with E-state index < -0.39 is 6.04 Å². The maximum atomic E-state index is 13.0. The molecule has 1 aromatic heterocycles. The monoisotopic (exact) mass is 453 g/mol. The Labute approximate surface area is 189 Å². The van der Waals surface area contributed by atoms with Crippen LogP contribution in [0.2, 0.25) is 5.02 Å². The van der Waals surface area contributed by atoms with Crippen molar-refractivity contribution in [2.75, 3.05) is 36.4 Å². The molecule has 3 aromatic rings. The molecule has 158 valence electrons. The molecule has 9 heteroatoms. The number of anilines is 2. The summed E-state index contributed by atoms with van der Waals surface area (Å²) in [4.78, 5) is 34.2. The molecule has 1 unspecified atom stereocenters. The zero-order valence-electron chi connectivity index (χ0n) is 16.6. The Bertz CT molecular complexity index is 1230. The zero-order chi connectivity index (χ0) is 21.5. The van der Waals surface area contributed by atoms with E-state index in [-0.39, 0.29) is 18.2 Å². The predicted octanol–water partition coefficient (Wildman–Crippen LogP) is 3.65. The van der Waals surface area contributed by atoms with Crippen LogP contribution in [-0.2, 0) is 9.59 Å². The summed E-state index contributed by atoms with van der Waals surface area (Å²) >= 11 is 11.4. The smallest absolute Gasteiger partial charge is 0.249 e. The van der Waals surface area contributed by atoms with Crippen molar-refractivity contribution in [3.63, 3.8) is 0 Å². The van der Waals surface area contributed by atoms with Crippen LogP contribution >= 0.6 is 23.8 Å². The van der Waals surface area contributed by atoms with Crippen LogP contribution in [0.1, 0.15) is 12.5 Å². The number of rotatable bonds is 3. The Morgan fingerprint density at radius 1 is 1.10 bits per heavy atom. The van der Waals surface area contributed by atoms with Gasteiger partial charge in [0.15, 0.2) is 0 Å². The minimum Gasteiger partial charge on any atom is -0.368 e. The number of nitrogens with one attached hydrogen (secondary N) is 1. The number of halogens is 1. The third-order valence-electron chi connectivity index (χ3n) is 5.87. The number of hydrogen-bond acceptors (Lipinski definition) is 5. The molecule has 5 rings (SSSR count). The van der Waals surface area contributed by atoms with Gasteiger partial charge in [-0.3, -0.25) is 14.2 Å². The number of hydrogen-bond donors (Lipinski definition) is 1. The summed E-state index contributed by atoms with van der Waals surface area (Å²) in [7, 11) is 0. The molecule has 1 saturated heterocycles. The first-order valence-electron chi connectivity index (χ1n) is 10.1. The number of carbonyl (C=O) groups excluding carboxylic acids is 2. The largest absolute Gasteiger partial charge is 0.368 e. The first-order valence-corrected chi connectivity index (χ1v) is 10.9. The Balaban J connectivity index is 1.31. The van der Waals surface area contributed by atoms with E-state index in [0.717, 1.165) is 29.7 Å². The van der Waals surface area contributed by atoms with Crippen LogP contribution in [0.3, 0.4) is 0 Å². The van der Waals surface area contributed by atoms with E-state index in [4.69, 9.17) is 23.8 Å². The van der Waals surface area contributed by atoms with Gasteiger partial charge in [0.1, 0.15) is 11.9 Å². The standard InChI is InChI=1S/C22H20ClN5O2S/c23-14-5-7-15(8-6-14)26-9-11-27(12-10-26)19(29)13-18-21(30)25-20-16-3-1-2-4-17(16)24-22(31)28(18)20/h1-8,18H,9-13H2,(H,25,30). The number of nitrogens with zero attached hydrogens (tertiary/aromatic N) is 4. The fourth-order valence-corrected chi connectivity index (χ4v) is 4.67. The molecular weight excluding hydrogens is 434 g/mol. The van der Waals surface area contributed by atoms with E-state index in [9.17, 15) is 9.59 Å². The average molecular weight is 454 g/mol. The Hall–Kier alpha value is -2.97. The highest BCUT2D eigenvalue weighted by molar-refractivity contribution is 7.71. The molecule has 1 fully saturated rings. The van der Waals surface area contributed by atoms with Gasteiger partial charge in [-0.2, -0.15) is 0 Å². The molecule has 2 aliphatic heterocycles. The lowest BCUT2D eigenvalue weighted by atomic mass is 10.1. The molecule has 7 nitrogen and oxygen atoms in total. The molecule has 2 aromatic carbocycles. The van der Waals surface area contributed by atoms with Gasteiger partial charge >= 0.3 is 0 Å². The topological polar surface area (TPSA) is 70.5 Å². The predicted molar refractivity (Wildman–Crippen MR) is 123 cm³/mol. The highest BCUT2D eigenvalue weighted by atomic mass is 35.5. The maximum absolute atomic E-state index is 13.0. The summed E-state index contributed by atoms with van der Waals surface area (Å²) in [6.07, 6.45) is 0.0636. The van der Waals surface area contributed by atoms with Crippen LogP contribution in [0.4, 0.5) is 11.5 Å². The fourth-order valence-electron chi connectivity index (χ4n) is 4.23. The zero-order valence-corrected chi connectivity index (χ0v) is 18.2. The molecule has 2 aliphatic rings. The minimum atomic E-state index is -0.679. The van der Waals surface area contributed by atoms with Gasteiger partial charge in [-0.1, -0.05) is 23.7 Å². The van der Waals surface area contributed by atoms with E-state index in [2.05, 4.69) is 15.2 Å². The highest BCUT2D eigenvalue weighted by Crippen LogP contribution is 2.33. The average Bonchev–Trinajstić information content (AvgIpc) is 3.11. The lowest BCUT2D eigenvalue weighted by molar-refractivity contribution is -0.134. The van der Waals surface area contributed by atoms with Crippen molar-refractivity contribution in [1.82, 2.24) is 14.5 Å². The second-order valence-electron chi connectivity index (χ2n) is 7.68. The maximum Gasteiger partial charge on any atom is 0.249 e. The van der Waals surface area contributed by atoms with Gasteiger partial charge in [0.2, 0.25) is 16.6 Å². The highest BCUT2D eigenvalue weighted by Gasteiger charge is 2.35. The lowest BCUT2D eigenvalue weighted by Gasteiger charge is -2.36. The van der Waals surface area contributed by atoms with Crippen molar-refractivity contribution < 1.29 is 9.59 Å². The SMILES string of the molecule is O=C1Nc2c3ccccc3nc(=S)n2C1CC(=O)N1CCN(c2ccc(Cl)cc2)CC1. The van der Waals surface area contributed by atoms with Crippen LogP contribution in [0, 0.1) is 4.77 Å². The number of carbonyl (C=O) groups is 2. The number of fused-ring (bicyclic) bond motifs is 3. The van der Waals surface area contributed by atoms with Crippen LogP contribution in [0.15, 0.2) is 48.5 Å². The van der Waals surface area contributed by atoms with E-state index in [0.29, 0.717) is 28.7 Å². The first-order chi connectivity index (χ1) is 15.0. The van der Waals surface area contributed by atoms with Crippen molar-refractivity contribution in [3.05, 3.63) is 58.3 Å². The number of amides is 2. The Kier molecular flexibility index (Phi) is 5.11. The van der Waals surface area contributed by atoms with Gasteiger partial charge < -0.3 is 15.1 Å². The summed E-state index contributed by atoms with van der Waals surface area (Å²) in [6.45, 7) is 2.66. The summed E-state index contributed by atoms with van der Waals surface area (Å²) in [5.41, 5.74) is 1.81. The Morgan fingerprint density at radius 3 is 2.55 bits per heavy atom. The van der Waals surface area contributed by atoms with Crippen LogP contribution in [0.25, 0.3) is 10.9 Å². The molecule has 31 heavy (non-hydrogen) atoms. The van der Waals surface area contributed by atoms with Gasteiger partial charge in [-0.15, -0.1) is 0 Å². The van der Waals surface area contributed by atoms with E-state index >= 15 is 0 Å². The number of benzene rings is 2. The van der Waals surface area contributed by atoms with Crippen molar-refractivity contribution in [1.29, 1.82) is 0 Å². The summed E-state index contributed by atoms with van der Waals surface area (Å²) in [5.74, 6) is 0.335. The fraction of sp³-hybridized carbons (Fsp3) is 0.273. The molecule has 3 heterocycles. The summed E-state index contributed by atoms with van der Waals surface area (Å²) < 4.78 is 1.99. The van der Waals surface area contributed by atoms with E-state index in [1.54, 1.807) is 4.57 Å². The molecule has 0 radical (unpaired) electrons. The number of aromatic nitrogens is 2. The van der Waals surface area contributed by atoms with Gasteiger partial charge in [-0.25, -0.2) is 4.98 Å². The second-order valence-corrected chi connectivity index (χ2v) is 8.49. The lowest BCUT2D eigenvalue weighted by Crippen LogP contribution is -2.49. The molecule has 1 N–H and O–H groups in total. The van der Waals surface area contributed by atoms with Crippen LogP contribution in [-0.4, -0.2) is 52.4 Å².